The Balaban J connectivity index is 2.32. The van der Waals surface area contributed by atoms with Crippen molar-refractivity contribution in [2.75, 3.05) is 0 Å². The highest BCUT2D eigenvalue weighted by Gasteiger charge is 2.45. The highest BCUT2D eigenvalue weighted by Crippen LogP contribution is 2.57. The van der Waals surface area contributed by atoms with E-state index in [2.05, 4.69) is 33.4 Å². The molecule has 14 heavy (non-hydrogen) atoms. The Labute approximate surface area is 88.1 Å². The van der Waals surface area contributed by atoms with E-state index < -0.39 is 0 Å². The van der Waals surface area contributed by atoms with Crippen LogP contribution in [0.1, 0.15) is 52.9 Å². The van der Waals surface area contributed by atoms with Crippen molar-refractivity contribution >= 4 is 0 Å². The normalized spacial score (nSPS) is 42.5. The van der Waals surface area contributed by atoms with Gasteiger partial charge < -0.3 is 0 Å². The van der Waals surface area contributed by atoms with Crippen LogP contribution in [-0.4, -0.2) is 0 Å². The van der Waals surface area contributed by atoms with E-state index in [9.17, 15) is 0 Å². The third kappa shape index (κ3) is 1.67. The maximum absolute atomic E-state index is 4.22. The third-order valence-electron chi connectivity index (χ3n) is 3.92. The van der Waals surface area contributed by atoms with Crippen LogP contribution in [0.25, 0.3) is 0 Å². The van der Waals surface area contributed by atoms with E-state index in [1.54, 1.807) is 5.57 Å². The van der Waals surface area contributed by atoms with Crippen molar-refractivity contribution in [2.45, 2.75) is 52.9 Å². The molecule has 0 aliphatic heterocycles. The number of hydrogen-bond acceptors (Lipinski definition) is 0. The van der Waals surface area contributed by atoms with Gasteiger partial charge in [-0.3, -0.25) is 0 Å². The van der Waals surface area contributed by atoms with Crippen LogP contribution in [0.15, 0.2) is 23.8 Å². The minimum atomic E-state index is 0.518. The number of rotatable bonds is 0. The largest absolute Gasteiger partial charge is 0.0998 e. The van der Waals surface area contributed by atoms with Crippen LogP contribution in [-0.2, 0) is 0 Å². The Morgan fingerprint density at radius 1 is 1.07 bits per heavy atom. The fourth-order valence-electron chi connectivity index (χ4n) is 4.04. The molecule has 2 rings (SSSR count). The Morgan fingerprint density at radius 2 is 1.57 bits per heavy atom. The van der Waals surface area contributed by atoms with E-state index in [0.29, 0.717) is 10.8 Å². The summed E-state index contributed by atoms with van der Waals surface area (Å²) >= 11 is 0. The van der Waals surface area contributed by atoms with Gasteiger partial charge in [-0.2, -0.15) is 0 Å². The van der Waals surface area contributed by atoms with E-state index in [1.807, 2.05) is 0 Å². The Kier molecular flexibility index (Phi) is 2.13. The molecule has 0 aromatic rings. The predicted molar refractivity (Wildman–Crippen MR) is 62.2 cm³/mol. The molecule has 2 unspecified atom stereocenters. The van der Waals surface area contributed by atoms with Crippen LogP contribution in [0.3, 0.4) is 0 Å². The molecule has 0 saturated heterocycles. The second-order valence-corrected chi connectivity index (χ2v) is 6.20. The van der Waals surface area contributed by atoms with Gasteiger partial charge in [0, 0.05) is 0 Å². The quantitative estimate of drug-likeness (QED) is 0.494. The Hall–Kier alpha value is -0.520. The lowest BCUT2D eigenvalue weighted by Crippen LogP contribution is -2.38. The summed E-state index contributed by atoms with van der Waals surface area (Å²) in [5, 5.41) is 0. The van der Waals surface area contributed by atoms with E-state index in [1.165, 1.54) is 37.7 Å². The van der Waals surface area contributed by atoms with Gasteiger partial charge in [-0.15, -0.1) is 0 Å². The molecule has 0 aromatic carbocycles. The molecule has 2 aliphatic rings. The fourth-order valence-corrected chi connectivity index (χ4v) is 4.04. The van der Waals surface area contributed by atoms with Gasteiger partial charge in [0.1, 0.15) is 0 Å². The summed E-state index contributed by atoms with van der Waals surface area (Å²) in [5.74, 6) is 0. The molecule has 0 nitrogen and oxygen atoms in total. The lowest BCUT2D eigenvalue weighted by Gasteiger charge is -2.51. The minimum absolute atomic E-state index is 0.518. The molecule has 2 bridgehead atoms. The van der Waals surface area contributed by atoms with Gasteiger partial charge in [0.25, 0.3) is 0 Å². The summed E-state index contributed by atoms with van der Waals surface area (Å²) in [6.45, 7) is 11.3. The van der Waals surface area contributed by atoms with Crippen molar-refractivity contribution in [3.8, 4) is 0 Å². The zero-order chi connectivity index (χ0) is 10.4. The average Bonchev–Trinajstić information content (AvgIpc) is 1.97. The summed E-state index contributed by atoms with van der Waals surface area (Å²) in [4.78, 5) is 0. The number of hydrogen-bond donors (Lipinski definition) is 0. The zero-order valence-electron chi connectivity index (χ0n) is 9.82. The van der Waals surface area contributed by atoms with Crippen molar-refractivity contribution in [2.24, 2.45) is 10.8 Å². The molecule has 0 amide bonds. The monoisotopic (exact) mass is 190 g/mol. The van der Waals surface area contributed by atoms with Crippen LogP contribution < -0.4 is 0 Å². The van der Waals surface area contributed by atoms with Crippen LogP contribution in [0.4, 0.5) is 0 Å². The molecule has 2 atom stereocenters. The third-order valence-corrected chi connectivity index (χ3v) is 3.92. The number of allylic oxidation sites excluding steroid dienone is 3. The number of fused-ring (bicyclic) bond motifs is 2. The smallest absolute Gasteiger partial charge is 0.0246 e. The molecule has 2 fully saturated rings. The SMILES string of the molecule is C=C1CC2(C)CC(=CC)CC(C)(C1)C2. The lowest BCUT2D eigenvalue weighted by atomic mass is 9.54. The summed E-state index contributed by atoms with van der Waals surface area (Å²) < 4.78 is 0. The first kappa shape index (κ1) is 10.0. The Morgan fingerprint density at radius 3 is 2.00 bits per heavy atom. The molecule has 0 radical (unpaired) electrons. The fraction of sp³-hybridized carbons (Fsp3) is 0.714. The molecule has 78 valence electrons. The first-order valence-corrected chi connectivity index (χ1v) is 5.76. The molecule has 2 aliphatic carbocycles. The van der Waals surface area contributed by atoms with Gasteiger partial charge in [-0.1, -0.05) is 37.6 Å². The first-order valence-electron chi connectivity index (χ1n) is 5.76. The summed E-state index contributed by atoms with van der Waals surface area (Å²) in [5.41, 5.74) is 4.19. The van der Waals surface area contributed by atoms with Crippen LogP contribution in [0, 0.1) is 10.8 Å². The highest BCUT2D eigenvalue weighted by atomic mass is 14.5. The molecule has 0 heteroatoms. The molecule has 2 saturated carbocycles. The van der Waals surface area contributed by atoms with E-state index in [-0.39, 0.29) is 0 Å². The van der Waals surface area contributed by atoms with Gasteiger partial charge in [-0.25, -0.2) is 0 Å². The van der Waals surface area contributed by atoms with Gasteiger partial charge in [0.05, 0.1) is 0 Å². The van der Waals surface area contributed by atoms with Crippen molar-refractivity contribution in [3.63, 3.8) is 0 Å². The minimum Gasteiger partial charge on any atom is -0.0998 e. The highest BCUT2D eigenvalue weighted by molar-refractivity contribution is 5.21. The molecular formula is C14H22. The average molecular weight is 190 g/mol. The van der Waals surface area contributed by atoms with Crippen molar-refractivity contribution in [1.29, 1.82) is 0 Å². The van der Waals surface area contributed by atoms with Gasteiger partial charge in [-0.05, 0) is 49.9 Å². The maximum atomic E-state index is 4.22. The summed E-state index contributed by atoms with van der Waals surface area (Å²) in [6, 6.07) is 0. The second kappa shape index (κ2) is 2.98. The van der Waals surface area contributed by atoms with Crippen LogP contribution in [0.2, 0.25) is 0 Å². The standard InChI is InChI=1S/C14H22/c1-5-12-8-13(3)6-11(2)7-14(4,9-12)10-13/h5H,2,6-10H2,1,3-4H3. The van der Waals surface area contributed by atoms with E-state index >= 15 is 0 Å². The van der Waals surface area contributed by atoms with Gasteiger partial charge in [0.15, 0.2) is 0 Å². The van der Waals surface area contributed by atoms with E-state index in [0.717, 1.165) is 0 Å². The molecule has 0 aromatic heterocycles. The molecular weight excluding hydrogens is 168 g/mol. The van der Waals surface area contributed by atoms with Crippen molar-refractivity contribution < 1.29 is 0 Å². The molecule has 0 N–H and O–H groups in total. The molecule has 0 heterocycles. The second-order valence-electron chi connectivity index (χ2n) is 6.20. The van der Waals surface area contributed by atoms with Gasteiger partial charge in [0.2, 0.25) is 0 Å². The summed E-state index contributed by atoms with van der Waals surface area (Å²) in [7, 11) is 0. The van der Waals surface area contributed by atoms with Crippen LogP contribution >= 0.6 is 0 Å². The maximum Gasteiger partial charge on any atom is -0.0246 e. The van der Waals surface area contributed by atoms with Crippen molar-refractivity contribution in [1.82, 2.24) is 0 Å². The summed E-state index contributed by atoms with van der Waals surface area (Å²) in [6.07, 6.45) is 8.84. The van der Waals surface area contributed by atoms with Crippen molar-refractivity contribution in [3.05, 3.63) is 23.8 Å². The van der Waals surface area contributed by atoms with Crippen LogP contribution in [0.5, 0.6) is 0 Å². The lowest BCUT2D eigenvalue weighted by molar-refractivity contribution is 0.0870. The topological polar surface area (TPSA) is 0 Å². The van der Waals surface area contributed by atoms with Gasteiger partial charge >= 0.3 is 0 Å². The first-order chi connectivity index (χ1) is 6.45. The predicted octanol–water partition coefficient (Wildman–Crippen LogP) is 4.48. The Bertz CT molecular complexity index is 273. The van der Waals surface area contributed by atoms with E-state index in [4.69, 9.17) is 0 Å². The molecule has 0 spiro atoms. The zero-order valence-corrected chi connectivity index (χ0v) is 9.82.